The van der Waals surface area contributed by atoms with Crippen LogP contribution >= 0.6 is 0 Å². The van der Waals surface area contributed by atoms with Crippen molar-refractivity contribution in [1.29, 1.82) is 0 Å². The number of hydrogen-bond acceptors (Lipinski definition) is 3. The third-order valence-corrected chi connectivity index (χ3v) is 4.80. The molecule has 3 rings (SSSR count). The summed E-state index contributed by atoms with van der Waals surface area (Å²) in [5.74, 6) is -0.290. The maximum absolute atomic E-state index is 13.5. The third kappa shape index (κ3) is 4.17. The van der Waals surface area contributed by atoms with Gasteiger partial charge in [-0.25, -0.2) is 4.39 Å². The van der Waals surface area contributed by atoms with Crippen LogP contribution in [0.3, 0.4) is 0 Å². The number of fused-ring (bicyclic) bond motifs is 1. The molecule has 0 aliphatic carbocycles. The SMILES string of the molecule is CC(C)n1c(/C=C/C(O)CC(O)CO)c(-c2ccc(F)cc2)c2ccccc21. The van der Waals surface area contributed by atoms with Gasteiger partial charge >= 0.3 is 0 Å². The Bertz CT molecular complexity index is 960. The zero-order chi connectivity index (χ0) is 20.3. The predicted octanol–water partition coefficient (Wildman–Crippen LogP) is 4.15. The molecule has 0 saturated carbocycles. The summed E-state index contributed by atoms with van der Waals surface area (Å²) in [6.07, 6.45) is 1.67. The van der Waals surface area contributed by atoms with Crippen LogP contribution in [0.2, 0.25) is 0 Å². The average Bonchev–Trinajstić information content (AvgIpc) is 3.01. The molecule has 1 heterocycles. The van der Waals surface area contributed by atoms with Crippen molar-refractivity contribution in [2.24, 2.45) is 0 Å². The van der Waals surface area contributed by atoms with Crippen molar-refractivity contribution in [3.8, 4) is 11.1 Å². The van der Waals surface area contributed by atoms with Gasteiger partial charge in [0.25, 0.3) is 0 Å². The van der Waals surface area contributed by atoms with Gasteiger partial charge in [-0.1, -0.05) is 36.4 Å². The Morgan fingerprint density at radius 2 is 1.71 bits per heavy atom. The van der Waals surface area contributed by atoms with E-state index in [9.17, 15) is 14.6 Å². The first-order chi connectivity index (χ1) is 13.4. The molecule has 0 amide bonds. The number of aromatic nitrogens is 1. The first-order valence-electron chi connectivity index (χ1n) is 9.46. The Morgan fingerprint density at radius 3 is 2.36 bits per heavy atom. The Morgan fingerprint density at radius 1 is 1.04 bits per heavy atom. The highest BCUT2D eigenvalue weighted by atomic mass is 19.1. The summed E-state index contributed by atoms with van der Waals surface area (Å²) in [5, 5.41) is 29.8. The molecule has 0 radical (unpaired) electrons. The summed E-state index contributed by atoms with van der Waals surface area (Å²) in [5.41, 5.74) is 3.82. The van der Waals surface area contributed by atoms with Gasteiger partial charge in [0.15, 0.2) is 0 Å². The molecule has 0 bridgehead atoms. The zero-order valence-corrected chi connectivity index (χ0v) is 16.1. The van der Waals surface area contributed by atoms with Crippen LogP contribution in [0.5, 0.6) is 0 Å². The van der Waals surface area contributed by atoms with E-state index < -0.39 is 18.8 Å². The van der Waals surface area contributed by atoms with Crippen LogP contribution in [0.15, 0.2) is 54.6 Å². The van der Waals surface area contributed by atoms with Gasteiger partial charge in [-0.05, 0) is 43.7 Å². The highest BCUT2D eigenvalue weighted by Gasteiger charge is 2.19. The molecule has 0 aliphatic rings. The van der Waals surface area contributed by atoms with E-state index >= 15 is 0 Å². The van der Waals surface area contributed by atoms with Crippen LogP contribution in [0.1, 0.15) is 32.0 Å². The Kier molecular flexibility index (Phi) is 6.29. The third-order valence-electron chi connectivity index (χ3n) is 4.80. The second-order valence-corrected chi connectivity index (χ2v) is 7.25. The molecule has 2 unspecified atom stereocenters. The summed E-state index contributed by atoms with van der Waals surface area (Å²) in [7, 11) is 0. The highest BCUT2D eigenvalue weighted by Crippen LogP contribution is 2.37. The highest BCUT2D eigenvalue weighted by molar-refractivity contribution is 6.01. The second kappa shape index (κ2) is 8.69. The molecule has 148 valence electrons. The first-order valence-corrected chi connectivity index (χ1v) is 9.46. The van der Waals surface area contributed by atoms with Crippen LogP contribution in [-0.2, 0) is 0 Å². The largest absolute Gasteiger partial charge is 0.394 e. The number of halogens is 1. The van der Waals surface area contributed by atoms with Crippen molar-refractivity contribution < 1.29 is 19.7 Å². The standard InChI is InChI=1S/C23H26FNO3/c1-15(2)25-21-6-4-3-5-20(21)23(16-7-9-17(24)10-8-16)22(25)12-11-18(27)13-19(28)14-26/h3-12,15,18-19,26-28H,13-14H2,1-2H3/b12-11+. The molecule has 0 fully saturated rings. The molecule has 5 heteroatoms. The molecule has 0 saturated heterocycles. The number of benzene rings is 2. The normalized spacial score (nSPS) is 14.2. The lowest BCUT2D eigenvalue weighted by molar-refractivity contribution is 0.0559. The minimum absolute atomic E-state index is 0.0563. The molecular weight excluding hydrogens is 357 g/mol. The predicted molar refractivity (Wildman–Crippen MR) is 110 cm³/mol. The number of nitrogens with zero attached hydrogens (tertiary/aromatic N) is 1. The molecule has 4 nitrogen and oxygen atoms in total. The average molecular weight is 383 g/mol. The van der Waals surface area contributed by atoms with Crippen molar-refractivity contribution >= 4 is 17.0 Å². The fourth-order valence-electron chi connectivity index (χ4n) is 3.56. The fourth-order valence-corrected chi connectivity index (χ4v) is 3.56. The maximum atomic E-state index is 13.5. The van der Waals surface area contributed by atoms with Gasteiger partial charge < -0.3 is 19.9 Å². The molecule has 1 aromatic heterocycles. The van der Waals surface area contributed by atoms with Gasteiger partial charge in [0.1, 0.15) is 5.82 Å². The molecule has 0 spiro atoms. The zero-order valence-electron chi connectivity index (χ0n) is 16.1. The van der Waals surface area contributed by atoms with E-state index in [1.807, 2.05) is 30.3 Å². The van der Waals surface area contributed by atoms with Crippen LogP contribution in [0, 0.1) is 5.82 Å². The van der Waals surface area contributed by atoms with E-state index in [1.54, 1.807) is 18.2 Å². The summed E-state index contributed by atoms with van der Waals surface area (Å²) in [6, 6.07) is 14.6. The summed E-state index contributed by atoms with van der Waals surface area (Å²) in [6.45, 7) is 3.78. The molecular formula is C23H26FNO3. The minimum atomic E-state index is -0.966. The molecule has 3 N–H and O–H groups in total. The Balaban J connectivity index is 2.17. The van der Waals surface area contributed by atoms with Crippen LogP contribution in [0.4, 0.5) is 4.39 Å². The monoisotopic (exact) mass is 383 g/mol. The topological polar surface area (TPSA) is 65.6 Å². The summed E-state index contributed by atoms with van der Waals surface area (Å²) >= 11 is 0. The van der Waals surface area contributed by atoms with Gasteiger partial charge in [0.2, 0.25) is 0 Å². The van der Waals surface area contributed by atoms with Gasteiger partial charge in [-0.2, -0.15) is 0 Å². The van der Waals surface area contributed by atoms with Crippen LogP contribution in [0.25, 0.3) is 28.1 Å². The van der Waals surface area contributed by atoms with Gasteiger partial charge in [-0.15, -0.1) is 0 Å². The van der Waals surface area contributed by atoms with E-state index in [2.05, 4.69) is 18.4 Å². The Labute approximate surface area is 164 Å². The van der Waals surface area contributed by atoms with E-state index in [0.29, 0.717) is 0 Å². The van der Waals surface area contributed by atoms with Crippen molar-refractivity contribution in [2.45, 2.75) is 38.5 Å². The second-order valence-electron chi connectivity index (χ2n) is 7.25. The van der Waals surface area contributed by atoms with Gasteiger partial charge in [0, 0.05) is 34.6 Å². The molecule has 0 aliphatic heterocycles. The van der Waals surface area contributed by atoms with Gasteiger partial charge in [-0.3, -0.25) is 0 Å². The molecule has 2 aromatic carbocycles. The molecule has 2 atom stereocenters. The van der Waals surface area contributed by atoms with E-state index in [1.165, 1.54) is 12.1 Å². The lowest BCUT2D eigenvalue weighted by Crippen LogP contribution is -2.19. The van der Waals surface area contributed by atoms with E-state index in [-0.39, 0.29) is 18.3 Å². The van der Waals surface area contributed by atoms with Gasteiger partial charge in [0.05, 0.1) is 18.8 Å². The fraction of sp³-hybridized carbons (Fsp3) is 0.304. The molecule has 3 aromatic rings. The number of aliphatic hydroxyl groups is 3. The summed E-state index contributed by atoms with van der Waals surface area (Å²) < 4.78 is 15.6. The van der Waals surface area contributed by atoms with Crippen molar-refractivity contribution in [1.82, 2.24) is 4.57 Å². The first kappa shape index (κ1) is 20.3. The summed E-state index contributed by atoms with van der Waals surface area (Å²) in [4.78, 5) is 0. The van der Waals surface area contributed by atoms with Crippen molar-refractivity contribution in [2.75, 3.05) is 6.61 Å². The van der Waals surface area contributed by atoms with Crippen LogP contribution in [-0.4, -0.2) is 38.7 Å². The minimum Gasteiger partial charge on any atom is -0.394 e. The van der Waals surface area contributed by atoms with E-state index in [4.69, 9.17) is 5.11 Å². The van der Waals surface area contributed by atoms with Crippen molar-refractivity contribution in [3.63, 3.8) is 0 Å². The van der Waals surface area contributed by atoms with Crippen molar-refractivity contribution in [3.05, 3.63) is 66.1 Å². The number of hydrogen-bond donors (Lipinski definition) is 3. The smallest absolute Gasteiger partial charge is 0.123 e. The number of para-hydroxylation sites is 1. The lowest BCUT2D eigenvalue weighted by atomic mass is 10.0. The van der Waals surface area contributed by atoms with E-state index in [0.717, 1.165) is 27.7 Å². The number of rotatable bonds is 7. The molecule has 28 heavy (non-hydrogen) atoms. The maximum Gasteiger partial charge on any atom is 0.123 e. The Hall–Kier alpha value is -2.47. The number of aliphatic hydroxyl groups excluding tert-OH is 3. The van der Waals surface area contributed by atoms with Crippen LogP contribution < -0.4 is 0 Å². The lowest BCUT2D eigenvalue weighted by Gasteiger charge is -2.15. The quantitative estimate of drug-likeness (QED) is 0.574.